The van der Waals surface area contributed by atoms with Crippen LogP contribution in [0.1, 0.15) is 42.1 Å². The number of aryl methyl sites for hydroxylation is 2. The summed E-state index contributed by atoms with van der Waals surface area (Å²) in [7, 11) is 1.78. The fraction of sp³-hybridized carbons (Fsp3) is 0.412. The molecule has 0 bridgehead atoms. The minimum absolute atomic E-state index is 0.0113. The molecule has 21 heavy (non-hydrogen) atoms. The summed E-state index contributed by atoms with van der Waals surface area (Å²) < 4.78 is 1.63. The van der Waals surface area contributed by atoms with Crippen LogP contribution in [0.15, 0.2) is 34.2 Å². The summed E-state index contributed by atoms with van der Waals surface area (Å²) in [5, 5.41) is 0.784. The minimum Gasteiger partial charge on any atom is -0.291 e. The molecular weight excluding hydrogens is 280 g/mol. The van der Waals surface area contributed by atoms with Gasteiger partial charge in [0, 0.05) is 18.9 Å². The normalized spacial score (nSPS) is 11.1. The van der Waals surface area contributed by atoms with Crippen LogP contribution in [0, 0.1) is 13.8 Å². The Morgan fingerprint density at radius 3 is 2.62 bits per heavy atom. The van der Waals surface area contributed by atoms with Crippen LogP contribution in [-0.2, 0) is 12.8 Å². The summed E-state index contributed by atoms with van der Waals surface area (Å²) in [6.07, 6.45) is 0. The van der Waals surface area contributed by atoms with Gasteiger partial charge in [0.25, 0.3) is 5.56 Å². The SMILES string of the molecule is Cc1ccc(C)c(CSc2nc(C(C)C)cc(=O)n2C)c1. The summed E-state index contributed by atoms with van der Waals surface area (Å²) in [4.78, 5) is 16.6. The number of rotatable bonds is 4. The molecule has 3 nitrogen and oxygen atoms in total. The van der Waals surface area contributed by atoms with Crippen LogP contribution in [0.25, 0.3) is 0 Å². The van der Waals surface area contributed by atoms with Gasteiger partial charge < -0.3 is 0 Å². The number of hydrogen-bond donors (Lipinski definition) is 0. The summed E-state index contributed by atoms with van der Waals surface area (Å²) in [6.45, 7) is 8.33. The lowest BCUT2D eigenvalue weighted by molar-refractivity contribution is 0.668. The predicted molar refractivity (Wildman–Crippen MR) is 89.0 cm³/mol. The Hall–Kier alpha value is -1.55. The van der Waals surface area contributed by atoms with Crippen LogP contribution in [0.2, 0.25) is 0 Å². The first-order valence-electron chi connectivity index (χ1n) is 7.15. The van der Waals surface area contributed by atoms with E-state index in [1.54, 1.807) is 29.4 Å². The monoisotopic (exact) mass is 302 g/mol. The quantitative estimate of drug-likeness (QED) is 0.636. The van der Waals surface area contributed by atoms with Crippen LogP contribution < -0.4 is 5.56 Å². The van der Waals surface area contributed by atoms with Gasteiger partial charge in [-0.25, -0.2) is 4.98 Å². The topological polar surface area (TPSA) is 34.9 Å². The molecule has 2 aromatic rings. The van der Waals surface area contributed by atoms with Crippen molar-refractivity contribution < 1.29 is 0 Å². The molecule has 1 aromatic heterocycles. The molecule has 2 rings (SSSR count). The highest BCUT2D eigenvalue weighted by Crippen LogP contribution is 2.23. The largest absolute Gasteiger partial charge is 0.291 e. The van der Waals surface area contributed by atoms with E-state index in [0.29, 0.717) is 0 Å². The van der Waals surface area contributed by atoms with Gasteiger partial charge in [0.05, 0.1) is 5.69 Å². The number of benzene rings is 1. The van der Waals surface area contributed by atoms with E-state index in [4.69, 9.17) is 0 Å². The highest BCUT2D eigenvalue weighted by Gasteiger charge is 2.10. The third-order valence-electron chi connectivity index (χ3n) is 3.57. The van der Waals surface area contributed by atoms with Gasteiger partial charge in [0.1, 0.15) is 0 Å². The summed E-state index contributed by atoms with van der Waals surface area (Å²) in [6, 6.07) is 8.10. The van der Waals surface area contributed by atoms with E-state index in [0.717, 1.165) is 16.6 Å². The molecule has 0 radical (unpaired) electrons. The third kappa shape index (κ3) is 3.76. The van der Waals surface area contributed by atoms with Crippen molar-refractivity contribution in [3.63, 3.8) is 0 Å². The van der Waals surface area contributed by atoms with Gasteiger partial charge in [-0.05, 0) is 30.9 Å². The molecule has 0 N–H and O–H groups in total. The van der Waals surface area contributed by atoms with Crippen LogP contribution in [-0.4, -0.2) is 9.55 Å². The second-order valence-corrected chi connectivity index (χ2v) is 6.68. The molecule has 0 unspecified atom stereocenters. The van der Waals surface area contributed by atoms with Gasteiger partial charge in [0.2, 0.25) is 0 Å². The van der Waals surface area contributed by atoms with E-state index >= 15 is 0 Å². The molecule has 1 aromatic carbocycles. The van der Waals surface area contributed by atoms with Crippen LogP contribution in [0.3, 0.4) is 0 Å². The average molecular weight is 302 g/mol. The standard InChI is InChI=1S/C17H22N2OS/c1-11(2)15-9-16(20)19(5)17(18-15)21-10-14-8-12(3)6-7-13(14)4/h6-9,11H,10H2,1-5H3. The number of aromatic nitrogens is 2. The Kier molecular flexibility index (Phi) is 4.88. The number of thioether (sulfide) groups is 1. The molecule has 1 heterocycles. The summed E-state index contributed by atoms with van der Waals surface area (Å²) >= 11 is 1.62. The Labute approximate surface area is 130 Å². The first kappa shape index (κ1) is 15.8. The van der Waals surface area contributed by atoms with Gasteiger partial charge in [-0.2, -0.15) is 0 Å². The van der Waals surface area contributed by atoms with Crippen molar-refractivity contribution in [2.75, 3.05) is 0 Å². The van der Waals surface area contributed by atoms with Gasteiger partial charge in [-0.3, -0.25) is 9.36 Å². The summed E-state index contributed by atoms with van der Waals surface area (Å²) in [5.74, 6) is 1.09. The molecule has 0 aliphatic heterocycles. The molecule has 0 saturated heterocycles. The smallest absolute Gasteiger partial charge is 0.254 e. The van der Waals surface area contributed by atoms with E-state index in [1.807, 2.05) is 0 Å². The second-order valence-electron chi connectivity index (χ2n) is 5.73. The van der Waals surface area contributed by atoms with Crippen molar-refractivity contribution in [3.05, 3.63) is 57.0 Å². The zero-order chi connectivity index (χ0) is 15.6. The van der Waals surface area contributed by atoms with Crippen molar-refractivity contribution in [2.24, 2.45) is 7.05 Å². The van der Waals surface area contributed by atoms with Gasteiger partial charge >= 0.3 is 0 Å². The molecule has 0 fully saturated rings. The fourth-order valence-electron chi connectivity index (χ4n) is 2.06. The van der Waals surface area contributed by atoms with Gasteiger partial charge in [0.15, 0.2) is 5.16 Å². The van der Waals surface area contributed by atoms with E-state index in [-0.39, 0.29) is 11.5 Å². The molecule has 0 atom stereocenters. The van der Waals surface area contributed by atoms with Gasteiger partial charge in [-0.1, -0.05) is 49.4 Å². The highest BCUT2D eigenvalue weighted by molar-refractivity contribution is 7.98. The van der Waals surface area contributed by atoms with Crippen molar-refractivity contribution in [1.29, 1.82) is 0 Å². The predicted octanol–water partition coefficient (Wildman–Crippen LogP) is 3.81. The average Bonchev–Trinajstić information content (AvgIpc) is 2.43. The Balaban J connectivity index is 2.27. The number of hydrogen-bond acceptors (Lipinski definition) is 3. The zero-order valence-electron chi connectivity index (χ0n) is 13.3. The zero-order valence-corrected chi connectivity index (χ0v) is 14.1. The Morgan fingerprint density at radius 1 is 1.24 bits per heavy atom. The Bertz CT molecular complexity index is 704. The third-order valence-corrected chi connectivity index (χ3v) is 4.65. The van der Waals surface area contributed by atoms with E-state index < -0.39 is 0 Å². The summed E-state index contributed by atoms with van der Waals surface area (Å²) in [5.41, 5.74) is 4.70. The molecule has 0 saturated carbocycles. The van der Waals surface area contributed by atoms with Crippen molar-refractivity contribution in [3.8, 4) is 0 Å². The molecule has 112 valence electrons. The fourth-order valence-corrected chi connectivity index (χ4v) is 3.11. The van der Waals surface area contributed by atoms with Crippen LogP contribution >= 0.6 is 11.8 Å². The lowest BCUT2D eigenvalue weighted by Crippen LogP contribution is -2.20. The molecule has 4 heteroatoms. The van der Waals surface area contributed by atoms with Gasteiger partial charge in [-0.15, -0.1) is 0 Å². The maximum atomic E-state index is 12.0. The first-order valence-corrected chi connectivity index (χ1v) is 8.14. The second kappa shape index (κ2) is 6.48. The highest BCUT2D eigenvalue weighted by atomic mass is 32.2. The van der Waals surface area contributed by atoms with E-state index in [1.165, 1.54) is 16.7 Å². The molecular formula is C17H22N2OS. The lowest BCUT2D eigenvalue weighted by atomic mass is 10.1. The Morgan fingerprint density at radius 2 is 1.95 bits per heavy atom. The van der Waals surface area contributed by atoms with Crippen molar-refractivity contribution in [1.82, 2.24) is 9.55 Å². The molecule has 0 aliphatic carbocycles. The van der Waals surface area contributed by atoms with Crippen LogP contribution in [0.5, 0.6) is 0 Å². The van der Waals surface area contributed by atoms with E-state index in [2.05, 4.69) is 50.9 Å². The maximum absolute atomic E-state index is 12.0. The molecule has 0 aliphatic rings. The van der Waals surface area contributed by atoms with Crippen molar-refractivity contribution in [2.45, 2.75) is 44.5 Å². The maximum Gasteiger partial charge on any atom is 0.254 e. The lowest BCUT2D eigenvalue weighted by Gasteiger charge is -2.12. The molecule has 0 amide bonds. The molecule has 0 spiro atoms. The van der Waals surface area contributed by atoms with E-state index in [9.17, 15) is 4.79 Å². The first-order chi connectivity index (χ1) is 9.88. The van der Waals surface area contributed by atoms with Crippen LogP contribution in [0.4, 0.5) is 0 Å². The van der Waals surface area contributed by atoms with Crippen molar-refractivity contribution >= 4 is 11.8 Å². The minimum atomic E-state index is 0.0113. The number of nitrogens with zero attached hydrogens (tertiary/aromatic N) is 2.